The molecule has 4 rings (SSSR count). The lowest BCUT2D eigenvalue weighted by atomic mass is 10.0. The van der Waals surface area contributed by atoms with Crippen molar-refractivity contribution < 1.29 is 14.3 Å². The molecule has 6 nitrogen and oxygen atoms in total. The van der Waals surface area contributed by atoms with Crippen molar-refractivity contribution in [2.75, 3.05) is 32.8 Å². The largest absolute Gasteiger partial charge is 0.450 e. The van der Waals surface area contributed by atoms with E-state index in [9.17, 15) is 9.59 Å². The molecule has 0 aliphatic carbocycles. The highest BCUT2D eigenvalue weighted by Gasteiger charge is 2.26. The number of amides is 2. The number of carbonyl (C=O) groups is 2. The van der Waals surface area contributed by atoms with E-state index in [0.717, 1.165) is 29.1 Å². The summed E-state index contributed by atoms with van der Waals surface area (Å²) in [4.78, 5) is 35.8. The molecule has 2 aliphatic heterocycles. The quantitative estimate of drug-likeness (QED) is 0.633. The van der Waals surface area contributed by atoms with Gasteiger partial charge in [-0.25, -0.2) is 4.79 Å². The zero-order valence-corrected chi connectivity index (χ0v) is 19.7. The summed E-state index contributed by atoms with van der Waals surface area (Å²) in [7, 11) is 0. The summed E-state index contributed by atoms with van der Waals surface area (Å²) < 4.78 is 5.07. The van der Waals surface area contributed by atoms with Crippen LogP contribution in [0, 0.1) is 6.92 Å². The average Bonchev–Trinajstić information content (AvgIpc) is 2.95. The molecule has 2 aliphatic rings. The van der Waals surface area contributed by atoms with E-state index in [4.69, 9.17) is 9.73 Å². The number of fused-ring (bicyclic) bond motifs is 2. The number of hydrogen-bond acceptors (Lipinski definition) is 5. The third-order valence-corrected chi connectivity index (χ3v) is 6.85. The van der Waals surface area contributed by atoms with Crippen molar-refractivity contribution in [1.82, 2.24) is 9.80 Å². The molecule has 0 spiro atoms. The first-order valence-electron chi connectivity index (χ1n) is 11.2. The number of nitrogens with zero attached hydrogens (tertiary/aromatic N) is 3. The van der Waals surface area contributed by atoms with Crippen molar-refractivity contribution in [1.29, 1.82) is 0 Å². The van der Waals surface area contributed by atoms with E-state index in [-0.39, 0.29) is 12.0 Å². The highest BCUT2D eigenvalue weighted by Crippen LogP contribution is 2.41. The minimum Gasteiger partial charge on any atom is -0.450 e. The van der Waals surface area contributed by atoms with Crippen molar-refractivity contribution in [2.24, 2.45) is 4.99 Å². The summed E-state index contributed by atoms with van der Waals surface area (Å²) in [6.07, 6.45) is 1.59. The van der Waals surface area contributed by atoms with Crippen LogP contribution >= 0.6 is 11.8 Å². The molecule has 168 valence electrons. The van der Waals surface area contributed by atoms with Gasteiger partial charge in [0, 0.05) is 52.8 Å². The SMILES string of the molecule is CCCC1=Nc2cc(C(=O)N3CCN(C(=O)OCC)CC3)ccc2Sc2ccc(C)cc21. The van der Waals surface area contributed by atoms with E-state index in [1.54, 1.807) is 28.5 Å². The van der Waals surface area contributed by atoms with Gasteiger partial charge in [0.25, 0.3) is 5.91 Å². The van der Waals surface area contributed by atoms with Crippen LogP contribution in [-0.2, 0) is 4.74 Å². The number of benzene rings is 2. The molecule has 1 saturated heterocycles. The van der Waals surface area contributed by atoms with Crippen LogP contribution in [0.3, 0.4) is 0 Å². The number of rotatable bonds is 4. The van der Waals surface area contributed by atoms with Crippen LogP contribution in [-0.4, -0.2) is 60.3 Å². The third-order valence-electron chi connectivity index (χ3n) is 5.71. The molecular weight excluding hydrogens is 422 g/mol. The molecule has 0 atom stereocenters. The first-order chi connectivity index (χ1) is 15.5. The predicted molar refractivity (Wildman–Crippen MR) is 127 cm³/mol. The van der Waals surface area contributed by atoms with Crippen LogP contribution in [0.4, 0.5) is 10.5 Å². The summed E-state index contributed by atoms with van der Waals surface area (Å²) in [6, 6.07) is 12.3. The highest BCUT2D eigenvalue weighted by atomic mass is 32.2. The van der Waals surface area contributed by atoms with Gasteiger partial charge in [-0.3, -0.25) is 9.79 Å². The topological polar surface area (TPSA) is 62.2 Å². The van der Waals surface area contributed by atoms with Crippen molar-refractivity contribution in [2.45, 2.75) is 43.4 Å². The number of ether oxygens (including phenoxy) is 1. The van der Waals surface area contributed by atoms with Gasteiger partial charge in [-0.05, 0) is 50.6 Å². The summed E-state index contributed by atoms with van der Waals surface area (Å²) in [5.41, 5.74) is 4.97. The maximum absolute atomic E-state index is 13.2. The van der Waals surface area contributed by atoms with E-state index >= 15 is 0 Å². The molecule has 0 N–H and O–H groups in total. The van der Waals surface area contributed by atoms with Crippen molar-refractivity contribution >= 4 is 35.2 Å². The number of aryl methyl sites for hydroxylation is 1. The molecule has 7 heteroatoms. The Morgan fingerprint density at radius 3 is 2.44 bits per heavy atom. The van der Waals surface area contributed by atoms with Gasteiger partial charge < -0.3 is 14.5 Å². The summed E-state index contributed by atoms with van der Waals surface area (Å²) in [6.45, 7) is 8.38. The van der Waals surface area contributed by atoms with E-state index in [2.05, 4.69) is 32.0 Å². The molecule has 2 aromatic rings. The van der Waals surface area contributed by atoms with Gasteiger partial charge in [0.05, 0.1) is 12.3 Å². The van der Waals surface area contributed by atoms with Crippen molar-refractivity contribution in [3.63, 3.8) is 0 Å². The zero-order chi connectivity index (χ0) is 22.7. The number of carbonyl (C=O) groups excluding carboxylic acids is 2. The smallest absolute Gasteiger partial charge is 0.409 e. The molecule has 0 radical (unpaired) electrons. The molecule has 2 aromatic carbocycles. The lowest BCUT2D eigenvalue weighted by Crippen LogP contribution is -2.50. The third kappa shape index (κ3) is 4.67. The lowest BCUT2D eigenvalue weighted by molar-refractivity contribution is 0.0570. The standard InChI is InChI=1S/C25H29N3O3S/c1-4-6-20-19-15-17(3)7-9-22(19)32-23-10-8-18(16-21(23)26-20)24(29)27-11-13-28(14-12-27)25(30)31-5-2/h7-10,15-16H,4-6,11-14H2,1-3H3. The fourth-order valence-electron chi connectivity index (χ4n) is 4.02. The van der Waals surface area contributed by atoms with Gasteiger partial charge in [0.15, 0.2) is 0 Å². The molecule has 0 saturated carbocycles. The number of aliphatic imine (C=N–C) groups is 1. The Balaban J connectivity index is 1.56. The Bertz CT molecular complexity index is 1060. The summed E-state index contributed by atoms with van der Waals surface area (Å²) in [5, 5.41) is 0. The molecule has 0 bridgehead atoms. The van der Waals surface area contributed by atoms with Crippen molar-refractivity contribution in [3.8, 4) is 0 Å². The average molecular weight is 452 g/mol. The predicted octanol–water partition coefficient (Wildman–Crippen LogP) is 5.29. The van der Waals surface area contributed by atoms with Gasteiger partial charge in [-0.2, -0.15) is 0 Å². The van der Waals surface area contributed by atoms with Gasteiger partial charge in [0.2, 0.25) is 0 Å². The second-order valence-electron chi connectivity index (χ2n) is 8.07. The molecule has 2 heterocycles. The fourth-order valence-corrected chi connectivity index (χ4v) is 5.03. The Morgan fingerprint density at radius 2 is 1.72 bits per heavy atom. The van der Waals surface area contributed by atoms with Crippen LogP contribution < -0.4 is 0 Å². The second-order valence-corrected chi connectivity index (χ2v) is 9.15. The Kier molecular flexibility index (Phi) is 6.84. The molecule has 32 heavy (non-hydrogen) atoms. The van der Waals surface area contributed by atoms with E-state index in [0.29, 0.717) is 38.3 Å². The minimum atomic E-state index is -0.311. The Hall–Kier alpha value is -2.80. The summed E-state index contributed by atoms with van der Waals surface area (Å²) in [5.74, 6) is -0.0221. The monoisotopic (exact) mass is 451 g/mol. The van der Waals surface area contributed by atoms with Crippen LogP contribution in [0.15, 0.2) is 51.2 Å². The first kappa shape index (κ1) is 22.4. The first-order valence-corrected chi connectivity index (χ1v) is 12.0. The van der Waals surface area contributed by atoms with Gasteiger partial charge in [-0.1, -0.05) is 36.7 Å². The van der Waals surface area contributed by atoms with Crippen LogP contribution in [0.2, 0.25) is 0 Å². The zero-order valence-electron chi connectivity index (χ0n) is 18.9. The number of piperazine rings is 1. The molecule has 0 unspecified atom stereocenters. The molecule has 0 aromatic heterocycles. The van der Waals surface area contributed by atoms with Gasteiger partial charge in [0.1, 0.15) is 0 Å². The van der Waals surface area contributed by atoms with Crippen LogP contribution in [0.1, 0.15) is 48.2 Å². The minimum absolute atomic E-state index is 0.0221. The fraction of sp³-hybridized carbons (Fsp3) is 0.400. The highest BCUT2D eigenvalue weighted by molar-refractivity contribution is 7.99. The van der Waals surface area contributed by atoms with Crippen LogP contribution in [0.25, 0.3) is 0 Å². The Morgan fingerprint density at radius 1 is 1.00 bits per heavy atom. The number of hydrogen-bond donors (Lipinski definition) is 0. The van der Waals surface area contributed by atoms with Gasteiger partial charge >= 0.3 is 6.09 Å². The van der Waals surface area contributed by atoms with Crippen molar-refractivity contribution in [3.05, 3.63) is 53.1 Å². The Labute approximate surface area is 193 Å². The maximum atomic E-state index is 13.2. The molecule has 1 fully saturated rings. The van der Waals surface area contributed by atoms with Gasteiger partial charge in [-0.15, -0.1) is 0 Å². The summed E-state index contributed by atoms with van der Waals surface area (Å²) >= 11 is 1.71. The van der Waals surface area contributed by atoms with E-state index < -0.39 is 0 Å². The maximum Gasteiger partial charge on any atom is 0.409 e. The molecule has 2 amide bonds. The molecular formula is C25H29N3O3S. The second kappa shape index (κ2) is 9.77. The normalized spacial score (nSPS) is 15.4. The lowest BCUT2D eigenvalue weighted by Gasteiger charge is -2.34. The van der Waals surface area contributed by atoms with E-state index in [1.807, 2.05) is 18.2 Å². The van der Waals surface area contributed by atoms with Crippen LogP contribution in [0.5, 0.6) is 0 Å². The van der Waals surface area contributed by atoms with E-state index in [1.165, 1.54) is 16.0 Å².